The number of hydrogen-bond acceptors (Lipinski definition) is 3. The molecule has 0 saturated heterocycles. The van der Waals surface area contributed by atoms with E-state index in [0.717, 1.165) is 0 Å². The van der Waals surface area contributed by atoms with Crippen molar-refractivity contribution in [3.8, 4) is 0 Å². The van der Waals surface area contributed by atoms with Gasteiger partial charge in [0.25, 0.3) is 0 Å². The SMILES string of the molecule is O=[As](O)(O)c1ccc(NCC(O)CCl)cc1. The summed E-state index contributed by atoms with van der Waals surface area (Å²) >= 11 is 0.629. The fourth-order valence-electron chi connectivity index (χ4n) is 1.06. The Labute approximate surface area is 101 Å². The van der Waals surface area contributed by atoms with Crippen LogP contribution < -0.4 is 9.67 Å². The number of benzene rings is 1. The second-order valence-electron chi connectivity index (χ2n) is 3.28. The van der Waals surface area contributed by atoms with Crippen molar-refractivity contribution < 1.29 is 17.0 Å². The Balaban J connectivity index is 2.62. The molecule has 1 rings (SSSR count). The second-order valence-corrected chi connectivity index (χ2v) is 6.95. The summed E-state index contributed by atoms with van der Waals surface area (Å²) in [6.45, 7) is 0.295. The molecule has 0 aliphatic heterocycles. The number of anilines is 1. The van der Waals surface area contributed by atoms with E-state index in [0.29, 0.717) is 12.2 Å². The number of alkyl halides is 1. The molecule has 0 fully saturated rings. The second kappa shape index (κ2) is 5.75. The van der Waals surface area contributed by atoms with Gasteiger partial charge in [0.15, 0.2) is 0 Å². The zero-order valence-electron chi connectivity index (χ0n) is 8.38. The van der Waals surface area contributed by atoms with E-state index in [9.17, 15) is 8.85 Å². The average Bonchev–Trinajstić information content (AvgIpc) is 2.25. The van der Waals surface area contributed by atoms with E-state index >= 15 is 0 Å². The number of halogens is 1. The van der Waals surface area contributed by atoms with Crippen LogP contribution in [-0.4, -0.2) is 46.0 Å². The number of aliphatic hydroxyl groups excluding tert-OH is 1. The predicted molar refractivity (Wildman–Crippen MR) is 62.2 cm³/mol. The standard InChI is InChI=1S/C9H13AsClNO4/c11-5-9(13)6-12-8-3-1-7(2-4-8)10(14,15)16/h1-4,9,12-13H,5-6H2,(H2,14,15,16). The van der Waals surface area contributed by atoms with Crippen LogP contribution >= 0.6 is 11.6 Å². The molecule has 0 spiro atoms. The van der Waals surface area contributed by atoms with Gasteiger partial charge in [0.05, 0.1) is 0 Å². The van der Waals surface area contributed by atoms with Gasteiger partial charge >= 0.3 is 101 Å². The number of aliphatic hydroxyl groups is 1. The predicted octanol–water partition coefficient (Wildman–Crippen LogP) is -0.741. The molecule has 0 aliphatic carbocycles. The third-order valence-corrected chi connectivity index (χ3v) is 4.32. The summed E-state index contributed by atoms with van der Waals surface area (Å²) in [4.78, 5) is 0. The maximum atomic E-state index is 10.9. The van der Waals surface area contributed by atoms with Crippen molar-refractivity contribution in [3.05, 3.63) is 24.3 Å². The van der Waals surface area contributed by atoms with Crippen LogP contribution in [0.3, 0.4) is 0 Å². The minimum atomic E-state index is -4.78. The van der Waals surface area contributed by atoms with Crippen LogP contribution in [-0.2, 0) is 3.74 Å². The Morgan fingerprint density at radius 2 is 1.88 bits per heavy atom. The fraction of sp³-hybridized carbons (Fsp3) is 0.333. The molecule has 16 heavy (non-hydrogen) atoms. The van der Waals surface area contributed by atoms with E-state index in [1.54, 1.807) is 12.1 Å². The monoisotopic (exact) mass is 309 g/mol. The number of hydrogen-bond donors (Lipinski definition) is 4. The molecule has 0 radical (unpaired) electrons. The first-order chi connectivity index (χ1) is 7.43. The van der Waals surface area contributed by atoms with E-state index in [-0.39, 0.29) is 10.2 Å². The van der Waals surface area contributed by atoms with Gasteiger partial charge in [-0.15, -0.1) is 0 Å². The third kappa shape index (κ3) is 4.20. The summed E-state index contributed by atoms with van der Waals surface area (Å²) < 4.78 is 28.8. The van der Waals surface area contributed by atoms with E-state index < -0.39 is 20.3 Å². The van der Waals surface area contributed by atoms with E-state index in [4.69, 9.17) is 19.8 Å². The Bertz CT molecular complexity index is 378. The van der Waals surface area contributed by atoms with Crippen LogP contribution in [0.15, 0.2) is 24.3 Å². The van der Waals surface area contributed by atoms with E-state index in [1.165, 1.54) is 12.1 Å². The van der Waals surface area contributed by atoms with Gasteiger partial charge in [0.2, 0.25) is 0 Å². The van der Waals surface area contributed by atoms with Crippen LogP contribution in [0.25, 0.3) is 0 Å². The Morgan fingerprint density at radius 1 is 1.31 bits per heavy atom. The molecular weight excluding hydrogens is 296 g/mol. The summed E-state index contributed by atoms with van der Waals surface area (Å²) in [6, 6.07) is 5.85. The summed E-state index contributed by atoms with van der Waals surface area (Å²) in [7, 11) is 0. The first-order valence-corrected chi connectivity index (χ1v) is 8.49. The molecule has 0 aliphatic rings. The first kappa shape index (κ1) is 13.6. The molecule has 0 saturated carbocycles. The first-order valence-electron chi connectivity index (χ1n) is 4.57. The molecule has 1 atom stereocenters. The zero-order chi connectivity index (χ0) is 12.2. The topological polar surface area (TPSA) is 89.8 Å². The summed E-state index contributed by atoms with van der Waals surface area (Å²) in [5, 5.41) is 12.1. The molecule has 0 amide bonds. The zero-order valence-corrected chi connectivity index (χ0v) is 11.0. The van der Waals surface area contributed by atoms with Crippen LogP contribution in [0.2, 0.25) is 0 Å². The Hall–Kier alpha value is -0.452. The molecule has 7 heteroatoms. The molecular formula is C9H13AsClNO4. The molecule has 0 bridgehead atoms. The van der Waals surface area contributed by atoms with Crippen molar-refractivity contribution in [2.75, 3.05) is 17.7 Å². The van der Waals surface area contributed by atoms with Crippen molar-refractivity contribution >= 4 is 35.8 Å². The van der Waals surface area contributed by atoms with Crippen LogP contribution in [0.1, 0.15) is 0 Å². The number of rotatable bonds is 5. The van der Waals surface area contributed by atoms with E-state index in [2.05, 4.69) is 5.32 Å². The molecule has 1 aromatic carbocycles. The fourth-order valence-corrected chi connectivity index (χ4v) is 2.30. The van der Waals surface area contributed by atoms with Gasteiger partial charge in [-0.1, -0.05) is 0 Å². The van der Waals surface area contributed by atoms with Crippen molar-refractivity contribution in [1.82, 2.24) is 0 Å². The van der Waals surface area contributed by atoms with E-state index in [1.807, 2.05) is 0 Å². The molecule has 1 unspecified atom stereocenters. The normalized spacial score (nSPS) is 13.5. The van der Waals surface area contributed by atoms with Crippen molar-refractivity contribution in [2.45, 2.75) is 6.10 Å². The van der Waals surface area contributed by atoms with Gasteiger partial charge in [0.1, 0.15) is 0 Å². The van der Waals surface area contributed by atoms with Gasteiger partial charge in [-0.3, -0.25) is 0 Å². The van der Waals surface area contributed by atoms with Crippen LogP contribution in [0.4, 0.5) is 5.69 Å². The third-order valence-electron chi connectivity index (χ3n) is 1.92. The Morgan fingerprint density at radius 3 is 2.31 bits per heavy atom. The van der Waals surface area contributed by atoms with Gasteiger partial charge in [-0.25, -0.2) is 0 Å². The molecule has 1 aromatic rings. The van der Waals surface area contributed by atoms with Gasteiger partial charge in [0, 0.05) is 0 Å². The van der Waals surface area contributed by atoms with Crippen LogP contribution in [0.5, 0.6) is 0 Å². The van der Waals surface area contributed by atoms with Crippen molar-refractivity contribution in [2.24, 2.45) is 0 Å². The van der Waals surface area contributed by atoms with Crippen molar-refractivity contribution in [3.63, 3.8) is 0 Å². The Kier molecular flexibility index (Phi) is 4.89. The van der Waals surface area contributed by atoms with Gasteiger partial charge in [-0.2, -0.15) is 0 Å². The van der Waals surface area contributed by atoms with Crippen LogP contribution in [0, 0.1) is 0 Å². The maximum absolute atomic E-state index is 10.9. The molecule has 0 heterocycles. The molecule has 5 nitrogen and oxygen atoms in total. The van der Waals surface area contributed by atoms with Crippen molar-refractivity contribution in [1.29, 1.82) is 0 Å². The quantitative estimate of drug-likeness (QED) is 0.425. The summed E-state index contributed by atoms with van der Waals surface area (Å²) in [6.07, 6.45) is -0.646. The van der Waals surface area contributed by atoms with Gasteiger partial charge in [-0.05, 0) is 0 Å². The summed E-state index contributed by atoms with van der Waals surface area (Å²) in [5.74, 6) is 0.136. The minimum absolute atomic E-state index is 0.0292. The molecule has 90 valence electrons. The molecule has 4 N–H and O–H groups in total. The molecule has 0 aromatic heterocycles. The average molecular weight is 310 g/mol. The summed E-state index contributed by atoms with van der Waals surface area (Å²) in [5.41, 5.74) is 0.678. The van der Waals surface area contributed by atoms with Gasteiger partial charge < -0.3 is 0 Å². The number of nitrogens with one attached hydrogen (secondary N) is 1.